The van der Waals surface area contributed by atoms with Crippen molar-refractivity contribution in [1.82, 2.24) is 5.32 Å². The highest BCUT2D eigenvalue weighted by atomic mass is 79.9. The Bertz CT molecular complexity index is 386. The van der Waals surface area contributed by atoms with E-state index in [9.17, 15) is 4.79 Å². The summed E-state index contributed by atoms with van der Waals surface area (Å²) in [6.07, 6.45) is 0. The van der Waals surface area contributed by atoms with Crippen molar-refractivity contribution in [2.75, 3.05) is 7.11 Å². The maximum absolute atomic E-state index is 11.3. The number of nitrogens with one attached hydrogen (secondary N) is 1. The highest BCUT2D eigenvalue weighted by Crippen LogP contribution is 2.22. The smallest absolute Gasteiger partial charge is 0.236 e. The van der Waals surface area contributed by atoms with E-state index in [0.717, 1.165) is 15.8 Å². The fourth-order valence-corrected chi connectivity index (χ4v) is 1.64. The van der Waals surface area contributed by atoms with Gasteiger partial charge in [-0.3, -0.25) is 4.79 Å². The van der Waals surface area contributed by atoms with Gasteiger partial charge in [-0.2, -0.15) is 0 Å². The average molecular weight is 324 g/mol. The standard InChI is InChI=1S/C11H15BrN2O2.ClH/c1-7(13)11(15)14-6-8-5-9(12)3-4-10(8)16-2;/h3-5,7H,6,13H2,1-2H3,(H,14,15);1H. The van der Waals surface area contributed by atoms with Gasteiger partial charge in [0.25, 0.3) is 0 Å². The van der Waals surface area contributed by atoms with Crippen molar-refractivity contribution >= 4 is 34.2 Å². The molecule has 0 aliphatic heterocycles. The van der Waals surface area contributed by atoms with Gasteiger partial charge in [0, 0.05) is 16.6 Å². The van der Waals surface area contributed by atoms with Gasteiger partial charge < -0.3 is 15.8 Å². The Morgan fingerprint density at radius 2 is 2.24 bits per heavy atom. The zero-order valence-corrected chi connectivity index (χ0v) is 12.1. The Hall–Kier alpha value is -0.780. The fraction of sp³-hybridized carbons (Fsp3) is 0.364. The molecule has 6 heteroatoms. The second kappa shape index (κ2) is 7.53. The lowest BCUT2D eigenvalue weighted by Gasteiger charge is -2.11. The van der Waals surface area contributed by atoms with Crippen LogP contribution in [0.3, 0.4) is 0 Å². The van der Waals surface area contributed by atoms with Crippen LogP contribution in [0, 0.1) is 0 Å². The summed E-state index contributed by atoms with van der Waals surface area (Å²) in [5.41, 5.74) is 6.36. The monoisotopic (exact) mass is 322 g/mol. The fourth-order valence-electron chi connectivity index (χ4n) is 1.23. The van der Waals surface area contributed by atoms with E-state index in [4.69, 9.17) is 10.5 Å². The number of rotatable bonds is 4. The number of halogens is 2. The number of amides is 1. The third kappa shape index (κ3) is 4.93. The summed E-state index contributed by atoms with van der Waals surface area (Å²) in [4.78, 5) is 11.3. The van der Waals surface area contributed by atoms with Crippen LogP contribution in [-0.4, -0.2) is 19.1 Å². The molecule has 3 N–H and O–H groups in total. The number of hydrogen-bond acceptors (Lipinski definition) is 3. The van der Waals surface area contributed by atoms with E-state index in [0.29, 0.717) is 6.54 Å². The van der Waals surface area contributed by atoms with Crippen molar-refractivity contribution in [3.05, 3.63) is 28.2 Å². The van der Waals surface area contributed by atoms with Crippen LogP contribution in [0.15, 0.2) is 22.7 Å². The van der Waals surface area contributed by atoms with E-state index in [-0.39, 0.29) is 18.3 Å². The third-order valence-corrected chi connectivity index (χ3v) is 2.60. The Labute approximate surface area is 115 Å². The minimum Gasteiger partial charge on any atom is -0.496 e. The second-order valence-corrected chi connectivity index (χ2v) is 4.38. The molecule has 4 nitrogen and oxygen atoms in total. The van der Waals surface area contributed by atoms with Gasteiger partial charge in [0.05, 0.1) is 13.2 Å². The highest BCUT2D eigenvalue weighted by Gasteiger charge is 2.09. The molecule has 96 valence electrons. The Morgan fingerprint density at radius 3 is 2.76 bits per heavy atom. The van der Waals surface area contributed by atoms with E-state index < -0.39 is 6.04 Å². The van der Waals surface area contributed by atoms with Gasteiger partial charge in [-0.15, -0.1) is 12.4 Å². The molecule has 1 unspecified atom stereocenters. The first-order chi connectivity index (χ1) is 7.54. The normalized spacial score (nSPS) is 11.3. The van der Waals surface area contributed by atoms with Gasteiger partial charge in [-0.25, -0.2) is 0 Å². The molecular weight excluding hydrogens is 307 g/mol. The summed E-state index contributed by atoms with van der Waals surface area (Å²) >= 11 is 3.37. The topological polar surface area (TPSA) is 64.3 Å². The Kier molecular flexibility index (Phi) is 7.18. The maximum atomic E-state index is 11.3. The zero-order valence-electron chi connectivity index (χ0n) is 9.70. The first-order valence-electron chi connectivity index (χ1n) is 4.90. The number of hydrogen-bond donors (Lipinski definition) is 2. The number of ether oxygens (including phenoxy) is 1. The van der Waals surface area contributed by atoms with Crippen LogP contribution < -0.4 is 15.8 Å². The minimum absolute atomic E-state index is 0. The van der Waals surface area contributed by atoms with Crippen LogP contribution in [0.25, 0.3) is 0 Å². The zero-order chi connectivity index (χ0) is 12.1. The summed E-state index contributed by atoms with van der Waals surface area (Å²) in [5, 5.41) is 2.74. The van der Waals surface area contributed by atoms with Gasteiger partial charge in [0.15, 0.2) is 0 Å². The predicted molar refractivity (Wildman–Crippen MR) is 73.4 cm³/mol. The summed E-state index contributed by atoms with van der Waals surface area (Å²) in [6.45, 7) is 2.05. The van der Waals surface area contributed by atoms with E-state index >= 15 is 0 Å². The van der Waals surface area contributed by atoms with Gasteiger partial charge in [-0.1, -0.05) is 15.9 Å². The molecule has 1 amide bonds. The quantitative estimate of drug-likeness (QED) is 0.888. The molecule has 0 fully saturated rings. The maximum Gasteiger partial charge on any atom is 0.236 e. The Morgan fingerprint density at radius 1 is 1.59 bits per heavy atom. The molecule has 0 spiro atoms. The summed E-state index contributed by atoms with van der Waals surface area (Å²) in [5.74, 6) is 0.565. The largest absolute Gasteiger partial charge is 0.496 e. The molecule has 1 atom stereocenters. The average Bonchev–Trinajstić information content (AvgIpc) is 2.25. The predicted octanol–water partition coefficient (Wildman–Crippen LogP) is 1.84. The van der Waals surface area contributed by atoms with E-state index in [1.807, 2.05) is 18.2 Å². The molecule has 0 saturated heterocycles. The molecule has 0 heterocycles. The van der Waals surface area contributed by atoms with Crippen LogP contribution >= 0.6 is 28.3 Å². The van der Waals surface area contributed by atoms with Crippen molar-refractivity contribution in [2.45, 2.75) is 19.5 Å². The number of benzene rings is 1. The van der Waals surface area contributed by atoms with Crippen molar-refractivity contribution in [1.29, 1.82) is 0 Å². The lowest BCUT2D eigenvalue weighted by Crippen LogP contribution is -2.37. The molecule has 1 aromatic rings. The number of nitrogens with two attached hydrogens (primary N) is 1. The van der Waals surface area contributed by atoms with Gasteiger partial charge in [0.2, 0.25) is 5.91 Å². The summed E-state index contributed by atoms with van der Waals surface area (Å²) in [6, 6.07) is 5.13. The van der Waals surface area contributed by atoms with Gasteiger partial charge in [-0.05, 0) is 25.1 Å². The van der Waals surface area contributed by atoms with Crippen molar-refractivity contribution < 1.29 is 9.53 Å². The van der Waals surface area contributed by atoms with Crippen molar-refractivity contribution in [3.63, 3.8) is 0 Å². The van der Waals surface area contributed by atoms with Crippen LogP contribution in [0.1, 0.15) is 12.5 Å². The minimum atomic E-state index is -0.502. The summed E-state index contributed by atoms with van der Waals surface area (Å²) in [7, 11) is 1.60. The first-order valence-corrected chi connectivity index (χ1v) is 5.69. The molecule has 0 aromatic heterocycles. The van der Waals surface area contributed by atoms with E-state index in [2.05, 4.69) is 21.2 Å². The molecule has 1 aromatic carbocycles. The lowest BCUT2D eigenvalue weighted by molar-refractivity contribution is -0.122. The van der Waals surface area contributed by atoms with Crippen LogP contribution in [-0.2, 0) is 11.3 Å². The summed E-state index contributed by atoms with van der Waals surface area (Å²) < 4.78 is 6.13. The molecule has 0 aliphatic rings. The second-order valence-electron chi connectivity index (χ2n) is 3.46. The molecule has 17 heavy (non-hydrogen) atoms. The van der Waals surface area contributed by atoms with Gasteiger partial charge in [0.1, 0.15) is 5.75 Å². The van der Waals surface area contributed by atoms with Crippen LogP contribution in [0.5, 0.6) is 5.75 Å². The van der Waals surface area contributed by atoms with Crippen LogP contribution in [0.4, 0.5) is 0 Å². The number of carbonyl (C=O) groups excluding carboxylic acids is 1. The van der Waals surface area contributed by atoms with Crippen molar-refractivity contribution in [2.24, 2.45) is 5.73 Å². The van der Waals surface area contributed by atoms with Crippen molar-refractivity contribution in [3.8, 4) is 5.75 Å². The molecule has 0 radical (unpaired) electrons. The first kappa shape index (κ1) is 16.2. The molecule has 1 rings (SSSR count). The highest BCUT2D eigenvalue weighted by molar-refractivity contribution is 9.10. The van der Waals surface area contributed by atoms with Crippen LogP contribution in [0.2, 0.25) is 0 Å². The SMILES string of the molecule is COc1ccc(Br)cc1CNC(=O)C(C)N.Cl. The van der Waals surface area contributed by atoms with E-state index in [1.54, 1.807) is 14.0 Å². The Balaban J connectivity index is 0.00000256. The van der Waals surface area contributed by atoms with E-state index in [1.165, 1.54) is 0 Å². The molecular formula is C11H16BrClN2O2. The third-order valence-electron chi connectivity index (χ3n) is 2.11. The van der Waals surface area contributed by atoms with Gasteiger partial charge >= 0.3 is 0 Å². The molecule has 0 aliphatic carbocycles. The molecule has 0 bridgehead atoms. The lowest BCUT2D eigenvalue weighted by atomic mass is 10.2. The number of methoxy groups -OCH3 is 1. The number of carbonyl (C=O) groups is 1. The molecule has 0 saturated carbocycles.